The van der Waals surface area contributed by atoms with Gasteiger partial charge in [0.1, 0.15) is 6.61 Å². The molecule has 4 N–H and O–H groups in total. The summed E-state index contributed by atoms with van der Waals surface area (Å²) in [6, 6.07) is 0. The zero-order chi connectivity index (χ0) is 7.98. The van der Waals surface area contributed by atoms with E-state index in [1.165, 1.54) is 0 Å². The fourth-order valence-corrected chi connectivity index (χ4v) is 0.349. The van der Waals surface area contributed by atoms with Crippen LogP contribution in [0.15, 0.2) is 11.6 Å². The summed E-state index contributed by atoms with van der Waals surface area (Å²) in [6.45, 7) is 2.53. The van der Waals surface area contributed by atoms with Crippen molar-refractivity contribution in [1.82, 2.24) is 0 Å². The molecule has 58 valence electrons. The van der Waals surface area contributed by atoms with E-state index < -0.39 is 6.09 Å². The minimum atomic E-state index is -0.763. The summed E-state index contributed by atoms with van der Waals surface area (Å²) in [5.74, 6) is 0. The van der Waals surface area contributed by atoms with Crippen LogP contribution in [-0.2, 0) is 4.74 Å². The van der Waals surface area contributed by atoms with Gasteiger partial charge < -0.3 is 16.2 Å². The van der Waals surface area contributed by atoms with Gasteiger partial charge in [0.2, 0.25) is 0 Å². The quantitative estimate of drug-likeness (QED) is 0.546. The van der Waals surface area contributed by atoms with E-state index in [0.717, 1.165) is 5.57 Å². The molecule has 1 amide bonds. The molecule has 0 atom stereocenters. The van der Waals surface area contributed by atoms with Crippen molar-refractivity contribution in [3.8, 4) is 0 Å². The third kappa shape index (κ3) is 5.11. The van der Waals surface area contributed by atoms with Crippen LogP contribution in [0.4, 0.5) is 4.79 Å². The molecule has 0 unspecified atom stereocenters. The van der Waals surface area contributed by atoms with Crippen molar-refractivity contribution in [3.05, 3.63) is 11.6 Å². The molecule has 0 spiro atoms. The van der Waals surface area contributed by atoms with Gasteiger partial charge >= 0.3 is 6.09 Å². The van der Waals surface area contributed by atoms with Crippen molar-refractivity contribution in [2.24, 2.45) is 11.5 Å². The van der Waals surface area contributed by atoms with Gasteiger partial charge in [0.25, 0.3) is 0 Å². The van der Waals surface area contributed by atoms with E-state index in [1.54, 1.807) is 6.08 Å². The Hall–Kier alpha value is -1.03. The van der Waals surface area contributed by atoms with Gasteiger partial charge in [0, 0.05) is 6.54 Å². The van der Waals surface area contributed by atoms with Gasteiger partial charge in [-0.15, -0.1) is 0 Å². The topological polar surface area (TPSA) is 78.3 Å². The zero-order valence-corrected chi connectivity index (χ0v) is 5.96. The van der Waals surface area contributed by atoms with Crippen molar-refractivity contribution in [3.63, 3.8) is 0 Å². The first kappa shape index (κ1) is 8.97. The highest BCUT2D eigenvalue weighted by molar-refractivity contribution is 5.64. The summed E-state index contributed by atoms with van der Waals surface area (Å²) >= 11 is 0. The zero-order valence-electron chi connectivity index (χ0n) is 5.96. The standard InChI is InChI=1S/C6H12N2O2/c1-5(4-7)2-3-10-6(8)9/h2H,3-4,7H2,1H3,(H2,8,9)/b5-2+. The van der Waals surface area contributed by atoms with Crippen LogP contribution < -0.4 is 11.5 Å². The number of hydrogen-bond acceptors (Lipinski definition) is 3. The van der Waals surface area contributed by atoms with E-state index >= 15 is 0 Å². The van der Waals surface area contributed by atoms with Crippen LogP contribution in [-0.4, -0.2) is 19.2 Å². The SMILES string of the molecule is C/C(=C\COC(N)=O)CN. The maximum absolute atomic E-state index is 10.0. The highest BCUT2D eigenvalue weighted by Gasteiger charge is 1.88. The van der Waals surface area contributed by atoms with Crippen LogP contribution in [0.3, 0.4) is 0 Å². The summed E-state index contributed by atoms with van der Waals surface area (Å²) in [7, 11) is 0. The van der Waals surface area contributed by atoms with Crippen molar-refractivity contribution in [2.75, 3.05) is 13.2 Å². The molecule has 0 aliphatic heterocycles. The highest BCUT2D eigenvalue weighted by Crippen LogP contribution is 1.87. The largest absolute Gasteiger partial charge is 0.445 e. The molecular formula is C6H12N2O2. The summed E-state index contributed by atoms with van der Waals surface area (Å²) in [4.78, 5) is 10.0. The molecule has 0 aromatic carbocycles. The molecule has 0 aromatic rings. The normalized spacial score (nSPS) is 11.2. The van der Waals surface area contributed by atoms with E-state index in [4.69, 9.17) is 11.5 Å². The first-order chi connectivity index (χ1) is 4.66. The molecule has 10 heavy (non-hydrogen) atoms. The first-order valence-corrected chi connectivity index (χ1v) is 2.94. The predicted octanol–water partition coefficient (Wildman–Crippen LogP) is -0.0133. The number of nitrogens with two attached hydrogens (primary N) is 2. The Morgan fingerprint density at radius 3 is 2.70 bits per heavy atom. The molecule has 0 heterocycles. The fraction of sp³-hybridized carbons (Fsp3) is 0.500. The maximum Gasteiger partial charge on any atom is 0.404 e. The van der Waals surface area contributed by atoms with E-state index in [-0.39, 0.29) is 6.61 Å². The van der Waals surface area contributed by atoms with Crippen LogP contribution in [0.5, 0.6) is 0 Å². The Bertz CT molecular complexity index is 143. The molecule has 0 rings (SSSR count). The second-order valence-electron chi connectivity index (χ2n) is 1.88. The third-order valence-electron chi connectivity index (χ3n) is 0.979. The van der Waals surface area contributed by atoms with Crippen LogP contribution in [0.2, 0.25) is 0 Å². The van der Waals surface area contributed by atoms with Gasteiger partial charge in [0.05, 0.1) is 0 Å². The van der Waals surface area contributed by atoms with Crippen molar-refractivity contribution < 1.29 is 9.53 Å². The number of ether oxygens (including phenoxy) is 1. The molecule has 0 aliphatic rings. The smallest absolute Gasteiger partial charge is 0.404 e. The van der Waals surface area contributed by atoms with Crippen molar-refractivity contribution in [1.29, 1.82) is 0 Å². The Labute approximate surface area is 59.8 Å². The van der Waals surface area contributed by atoms with E-state index in [2.05, 4.69) is 4.74 Å². The van der Waals surface area contributed by atoms with Gasteiger partial charge in [-0.2, -0.15) is 0 Å². The van der Waals surface area contributed by atoms with Gasteiger partial charge in [-0.1, -0.05) is 5.57 Å². The lowest BCUT2D eigenvalue weighted by Gasteiger charge is -1.96. The minimum absolute atomic E-state index is 0.207. The summed E-state index contributed by atoms with van der Waals surface area (Å²) in [5.41, 5.74) is 10.9. The fourth-order valence-electron chi connectivity index (χ4n) is 0.349. The van der Waals surface area contributed by atoms with Gasteiger partial charge in [-0.3, -0.25) is 0 Å². The number of carbonyl (C=O) groups excluding carboxylic acids is 1. The van der Waals surface area contributed by atoms with Crippen molar-refractivity contribution >= 4 is 6.09 Å². The molecular weight excluding hydrogens is 132 g/mol. The van der Waals surface area contributed by atoms with Gasteiger partial charge in [-0.05, 0) is 13.0 Å². The summed E-state index contributed by atoms with van der Waals surface area (Å²) in [6.07, 6.45) is 0.950. The van der Waals surface area contributed by atoms with E-state index in [9.17, 15) is 4.79 Å². The van der Waals surface area contributed by atoms with Crippen LogP contribution >= 0.6 is 0 Å². The van der Waals surface area contributed by atoms with E-state index in [1.807, 2.05) is 6.92 Å². The lowest BCUT2D eigenvalue weighted by atomic mass is 10.3. The maximum atomic E-state index is 10.0. The average Bonchev–Trinajstić information content (AvgIpc) is 1.87. The van der Waals surface area contributed by atoms with Crippen LogP contribution in [0.25, 0.3) is 0 Å². The number of primary amides is 1. The molecule has 0 saturated heterocycles. The van der Waals surface area contributed by atoms with Gasteiger partial charge in [0.15, 0.2) is 0 Å². The highest BCUT2D eigenvalue weighted by atomic mass is 16.5. The molecule has 4 heteroatoms. The number of amides is 1. The second kappa shape index (κ2) is 4.81. The molecule has 0 aliphatic carbocycles. The Morgan fingerprint density at radius 2 is 2.30 bits per heavy atom. The van der Waals surface area contributed by atoms with Crippen molar-refractivity contribution in [2.45, 2.75) is 6.92 Å². The summed E-state index contributed by atoms with van der Waals surface area (Å²) < 4.78 is 4.42. The molecule has 0 saturated carbocycles. The number of hydrogen-bond donors (Lipinski definition) is 2. The second-order valence-corrected chi connectivity index (χ2v) is 1.88. The lowest BCUT2D eigenvalue weighted by molar-refractivity contribution is 0.169. The predicted molar refractivity (Wildman–Crippen MR) is 38.3 cm³/mol. The molecule has 0 radical (unpaired) electrons. The molecule has 0 aromatic heterocycles. The Morgan fingerprint density at radius 1 is 1.70 bits per heavy atom. The van der Waals surface area contributed by atoms with Gasteiger partial charge in [-0.25, -0.2) is 4.79 Å². The Balaban J connectivity index is 3.43. The lowest BCUT2D eigenvalue weighted by Crippen LogP contribution is -2.13. The average molecular weight is 144 g/mol. The first-order valence-electron chi connectivity index (χ1n) is 2.94. The monoisotopic (exact) mass is 144 g/mol. The van der Waals surface area contributed by atoms with Crippen LogP contribution in [0, 0.1) is 0 Å². The minimum Gasteiger partial charge on any atom is -0.445 e. The number of carbonyl (C=O) groups is 1. The third-order valence-corrected chi connectivity index (χ3v) is 0.979. The molecule has 4 nitrogen and oxygen atoms in total. The Kier molecular flexibility index (Phi) is 4.32. The molecule has 0 fully saturated rings. The number of rotatable bonds is 3. The van der Waals surface area contributed by atoms with Crippen LogP contribution in [0.1, 0.15) is 6.92 Å². The van der Waals surface area contributed by atoms with E-state index in [0.29, 0.717) is 6.54 Å². The summed E-state index contributed by atoms with van der Waals surface area (Å²) in [5, 5.41) is 0. The molecule has 0 bridgehead atoms.